The van der Waals surface area contributed by atoms with Gasteiger partial charge in [-0.3, -0.25) is 5.43 Å². The van der Waals surface area contributed by atoms with Crippen LogP contribution in [0.5, 0.6) is 5.75 Å². The molecule has 0 aliphatic heterocycles. The van der Waals surface area contributed by atoms with Crippen LogP contribution in [0.15, 0.2) is 65.9 Å². The molecule has 1 aromatic heterocycles. The van der Waals surface area contributed by atoms with Gasteiger partial charge in [-0.05, 0) is 43.4 Å². The summed E-state index contributed by atoms with van der Waals surface area (Å²) >= 11 is 5.14. The molecule has 0 amide bonds. The van der Waals surface area contributed by atoms with E-state index in [-0.39, 0.29) is 0 Å². The van der Waals surface area contributed by atoms with E-state index in [0.29, 0.717) is 5.11 Å². The van der Waals surface area contributed by atoms with Crippen LogP contribution in [0.1, 0.15) is 12.5 Å². The van der Waals surface area contributed by atoms with E-state index in [0.717, 1.165) is 34.8 Å². The molecule has 27 heavy (non-hydrogen) atoms. The summed E-state index contributed by atoms with van der Waals surface area (Å²) in [5.41, 5.74) is 6.28. The number of hydrogen-bond acceptors (Lipinski definition) is 4. The smallest absolute Gasteiger partial charge is 0.186 e. The fourth-order valence-corrected chi connectivity index (χ4v) is 2.80. The van der Waals surface area contributed by atoms with Crippen LogP contribution < -0.4 is 15.5 Å². The minimum absolute atomic E-state index is 0.475. The SMILES string of the molecule is CCNC(=S)N/N=C\c1cn(-c2ccccc2)nc1-c1ccccc1OC. The highest BCUT2D eigenvalue weighted by atomic mass is 32.1. The number of thiocarbonyl (C=S) groups is 1. The zero-order chi connectivity index (χ0) is 19.1. The number of aromatic nitrogens is 2. The highest BCUT2D eigenvalue weighted by Gasteiger charge is 2.14. The van der Waals surface area contributed by atoms with E-state index in [1.54, 1.807) is 13.3 Å². The van der Waals surface area contributed by atoms with Crippen molar-refractivity contribution >= 4 is 23.5 Å². The number of hydrogen-bond donors (Lipinski definition) is 2. The van der Waals surface area contributed by atoms with Gasteiger partial charge in [-0.1, -0.05) is 30.3 Å². The highest BCUT2D eigenvalue weighted by Crippen LogP contribution is 2.31. The van der Waals surface area contributed by atoms with E-state index in [4.69, 9.17) is 22.1 Å². The van der Waals surface area contributed by atoms with E-state index in [9.17, 15) is 0 Å². The molecule has 0 fully saturated rings. The molecule has 2 aromatic carbocycles. The monoisotopic (exact) mass is 379 g/mol. The number of methoxy groups -OCH3 is 1. The molecule has 0 spiro atoms. The Morgan fingerprint density at radius 2 is 1.93 bits per heavy atom. The lowest BCUT2D eigenvalue weighted by molar-refractivity contribution is 0.416. The van der Waals surface area contributed by atoms with Gasteiger partial charge in [0.1, 0.15) is 11.4 Å². The average Bonchev–Trinajstić information content (AvgIpc) is 3.13. The second kappa shape index (κ2) is 8.95. The van der Waals surface area contributed by atoms with Gasteiger partial charge in [0.05, 0.1) is 19.0 Å². The van der Waals surface area contributed by atoms with Crippen molar-refractivity contribution in [2.24, 2.45) is 5.10 Å². The van der Waals surface area contributed by atoms with Gasteiger partial charge in [0.25, 0.3) is 0 Å². The third kappa shape index (κ3) is 4.51. The fourth-order valence-electron chi connectivity index (χ4n) is 2.60. The molecule has 0 atom stereocenters. The van der Waals surface area contributed by atoms with E-state index in [1.807, 2.05) is 72.4 Å². The number of hydrazone groups is 1. The Kier molecular flexibility index (Phi) is 6.17. The normalized spacial score (nSPS) is 10.7. The van der Waals surface area contributed by atoms with Gasteiger partial charge in [-0.2, -0.15) is 10.2 Å². The Morgan fingerprint density at radius 1 is 1.19 bits per heavy atom. The topological polar surface area (TPSA) is 63.5 Å². The lowest BCUT2D eigenvalue weighted by Gasteiger charge is -2.06. The third-order valence-corrected chi connectivity index (χ3v) is 4.07. The van der Waals surface area contributed by atoms with Crippen molar-refractivity contribution in [3.63, 3.8) is 0 Å². The molecule has 0 bridgehead atoms. The zero-order valence-electron chi connectivity index (χ0n) is 15.2. The summed E-state index contributed by atoms with van der Waals surface area (Å²) in [7, 11) is 1.65. The van der Waals surface area contributed by atoms with E-state index < -0.39 is 0 Å². The van der Waals surface area contributed by atoms with Crippen LogP contribution in [0.3, 0.4) is 0 Å². The molecule has 0 saturated carbocycles. The van der Waals surface area contributed by atoms with Crippen LogP contribution in [0, 0.1) is 0 Å². The zero-order valence-corrected chi connectivity index (χ0v) is 16.0. The first kappa shape index (κ1) is 18.6. The van der Waals surface area contributed by atoms with Gasteiger partial charge < -0.3 is 10.1 Å². The number of nitrogens with zero attached hydrogens (tertiary/aromatic N) is 3. The number of benzene rings is 2. The predicted octanol–water partition coefficient (Wildman–Crippen LogP) is 3.37. The Morgan fingerprint density at radius 3 is 2.67 bits per heavy atom. The largest absolute Gasteiger partial charge is 0.496 e. The van der Waals surface area contributed by atoms with E-state index in [1.165, 1.54) is 0 Å². The van der Waals surface area contributed by atoms with Crippen molar-refractivity contribution in [2.45, 2.75) is 6.92 Å². The molecule has 3 rings (SSSR count). The minimum atomic E-state index is 0.475. The van der Waals surface area contributed by atoms with Crippen molar-refractivity contribution in [1.82, 2.24) is 20.5 Å². The second-order valence-electron chi connectivity index (χ2n) is 5.64. The van der Waals surface area contributed by atoms with Crippen molar-refractivity contribution in [3.05, 3.63) is 66.4 Å². The van der Waals surface area contributed by atoms with Gasteiger partial charge in [-0.15, -0.1) is 0 Å². The molecule has 0 aliphatic carbocycles. The Hall–Kier alpha value is -3.19. The summed E-state index contributed by atoms with van der Waals surface area (Å²) in [6, 6.07) is 17.7. The lowest BCUT2D eigenvalue weighted by atomic mass is 10.1. The highest BCUT2D eigenvalue weighted by molar-refractivity contribution is 7.80. The van der Waals surface area contributed by atoms with Gasteiger partial charge in [0.15, 0.2) is 5.11 Å². The molecule has 6 nitrogen and oxygen atoms in total. The summed E-state index contributed by atoms with van der Waals surface area (Å²) < 4.78 is 7.33. The first-order valence-corrected chi connectivity index (χ1v) is 8.99. The maximum atomic E-state index is 5.50. The molecule has 138 valence electrons. The van der Waals surface area contributed by atoms with Crippen molar-refractivity contribution in [1.29, 1.82) is 0 Å². The maximum absolute atomic E-state index is 5.50. The lowest BCUT2D eigenvalue weighted by Crippen LogP contribution is -2.31. The quantitative estimate of drug-likeness (QED) is 0.391. The first-order valence-electron chi connectivity index (χ1n) is 8.58. The average molecular weight is 379 g/mol. The molecule has 3 aromatic rings. The third-order valence-electron chi connectivity index (χ3n) is 3.83. The number of para-hydroxylation sites is 2. The molecular formula is C20H21N5OS. The number of nitrogens with one attached hydrogen (secondary N) is 2. The molecule has 0 unspecified atom stereocenters. The van der Waals surface area contributed by atoms with Crippen molar-refractivity contribution in [3.8, 4) is 22.7 Å². The standard InChI is InChI=1S/C20H21N5OS/c1-3-21-20(27)23-22-13-15-14-25(16-9-5-4-6-10-16)24-19(15)17-11-7-8-12-18(17)26-2/h4-14H,3H2,1-2H3,(H2,21,23,27)/b22-13-. The molecule has 0 saturated heterocycles. The van der Waals surface area contributed by atoms with Gasteiger partial charge >= 0.3 is 0 Å². The molecule has 2 N–H and O–H groups in total. The Bertz CT molecular complexity index is 937. The van der Waals surface area contributed by atoms with Crippen LogP contribution in [0.25, 0.3) is 16.9 Å². The Balaban J connectivity index is 2.01. The summed E-state index contributed by atoms with van der Waals surface area (Å²) in [6.07, 6.45) is 3.64. The van der Waals surface area contributed by atoms with E-state index >= 15 is 0 Å². The van der Waals surface area contributed by atoms with E-state index in [2.05, 4.69) is 15.8 Å². The minimum Gasteiger partial charge on any atom is -0.496 e. The summed E-state index contributed by atoms with van der Waals surface area (Å²) in [5.74, 6) is 0.751. The van der Waals surface area contributed by atoms with Crippen molar-refractivity contribution < 1.29 is 4.74 Å². The fraction of sp³-hybridized carbons (Fsp3) is 0.150. The molecule has 1 heterocycles. The summed E-state index contributed by atoms with van der Waals surface area (Å²) in [4.78, 5) is 0. The predicted molar refractivity (Wildman–Crippen MR) is 113 cm³/mol. The van der Waals surface area contributed by atoms with Crippen LogP contribution in [-0.4, -0.2) is 34.8 Å². The number of rotatable bonds is 6. The summed E-state index contributed by atoms with van der Waals surface area (Å²) in [5, 5.41) is 12.5. The molecule has 0 radical (unpaired) electrons. The van der Waals surface area contributed by atoms with Gasteiger partial charge in [0.2, 0.25) is 0 Å². The van der Waals surface area contributed by atoms with Crippen LogP contribution in [0.4, 0.5) is 0 Å². The number of ether oxygens (including phenoxy) is 1. The van der Waals surface area contributed by atoms with Crippen molar-refractivity contribution in [2.75, 3.05) is 13.7 Å². The van der Waals surface area contributed by atoms with Crippen LogP contribution >= 0.6 is 12.2 Å². The van der Waals surface area contributed by atoms with Gasteiger partial charge in [-0.25, -0.2) is 4.68 Å². The summed E-state index contributed by atoms with van der Waals surface area (Å²) in [6.45, 7) is 2.71. The molecule has 0 aliphatic rings. The Labute approximate surface area is 163 Å². The second-order valence-corrected chi connectivity index (χ2v) is 6.05. The first-order chi connectivity index (χ1) is 13.2. The van der Waals surface area contributed by atoms with Crippen LogP contribution in [-0.2, 0) is 0 Å². The molecular weight excluding hydrogens is 358 g/mol. The maximum Gasteiger partial charge on any atom is 0.186 e. The van der Waals surface area contributed by atoms with Crippen LogP contribution in [0.2, 0.25) is 0 Å². The van der Waals surface area contributed by atoms with Gasteiger partial charge in [0, 0.05) is 23.9 Å². The molecule has 7 heteroatoms.